The molecule has 18 heavy (non-hydrogen) atoms. The number of carbonyl (C=O) groups excluding carboxylic acids is 1. The van der Waals surface area contributed by atoms with Crippen LogP contribution in [0.15, 0.2) is 18.2 Å². The average Bonchev–Trinajstić information content (AvgIpc) is 2.30. The SMILES string of the molecule is CSC[C@](C)(O)CNC(=O)c1ccc(C)c(C)c1. The van der Waals surface area contributed by atoms with Crippen LogP contribution in [0, 0.1) is 13.8 Å². The molecule has 0 aromatic heterocycles. The van der Waals surface area contributed by atoms with Gasteiger partial charge in [0, 0.05) is 17.9 Å². The van der Waals surface area contributed by atoms with Gasteiger partial charge in [-0.05, 0) is 50.3 Å². The van der Waals surface area contributed by atoms with E-state index >= 15 is 0 Å². The predicted molar refractivity (Wildman–Crippen MR) is 77.3 cm³/mol. The van der Waals surface area contributed by atoms with Crippen LogP contribution in [0.4, 0.5) is 0 Å². The van der Waals surface area contributed by atoms with Gasteiger partial charge >= 0.3 is 0 Å². The second kappa shape index (κ2) is 6.25. The second-order valence-electron chi connectivity index (χ2n) is 4.91. The number of hydrogen-bond donors (Lipinski definition) is 2. The number of rotatable bonds is 5. The van der Waals surface area contributed by atoms with Crippen LogP contribution in [0.3, 0.4) is 0 Å². The molecule has 0 aliphatic rings. The Balaban J connectivity index is 2.63. The monoisotopic (exact) mass is 267 g/mol. The van der Waals surface area contributed by atoms with Crippen LogP contribution in [0.1, 0.15) is 28.4 Å². The summed E-state index contributed by atoms with van der Waals surface area (Å²) in [6.45, 7) is 5.99. The molecule has 0 heterocycles. The fourth-order valence-corrected chi connectivity index (χ4v) is 2.34. The van der Waals surface area contributed by atoms with Crippen molar-refractivity contribution in [1.29, 1.82) is 0 Å². The van der Waals surface area contributed by atoms with Gasteiger partial charge in [-0.1, -0.05) is 6.07 Å². The molecular weight excluding hydrogens is 246 g/mol. The first-order valence-electron chi connectivity index (χ1n) is 5.92. The molecule has 3 nitrogen and oxygen atoms in total. The summed E-state index contributed by atoms with van der Waals surface area (Å²) in [5, 5.41) is 12.7. The Morgan fingerprint density at radius 1 is 1.39 bits per heavy atom. The highest BCUT2D eigenvalue weighted by Gasteiger charge is 2.20. The van der Waals surface area contributed by atoms with Gasteiger partial charge < -0.3 is 10.4 Å². The van der Waals surface area contributed by atoms with Gasteiger partial charge in [0.25, 0.3) is 5.91 Å². The fraction of sp³-hybridized carbons (Fsp3) is 0.500. The third-order valence-electron chi connectivity index (χ3n) is 2.85. The van der Waals surface area contributed by atoms with Crippen LogP contribution < -0.4 is 5.32 Å². The molecule has 0 aliphatic heterocycles. The van der Waals surface area contributed by atoms with E-state index in [1.165, 1.54) is 5.56 Å². The Morgan fingerprint density at radius 3 is 2.61 bits per heavy atom. The highest BCUT2D eigenvalue weighted by atomic mass is 32.2. The predicted octanol–water partition coefficient (Wildman–Crippen LogP) is 2.15. The summed E-state index contributed by atoms with van der Waals surface area (Å²) < 4.78 is 0. The van der Waals surface area contributed by atoms with E-state index in [9.17, 15) is 9.90 Å². The third kappa shape index (κ3) is 4.35. The lowest BCUT2D eigenvalue weighted by Gasteiger charge is -2.22. The summed E-state index contributed by atoms with van der Waals surface area (Å²) in [7, 11) is 0. The summed E-state index contributed by atoms with van der Waals surface area (Å²) in [6, 6.07) is 5.61. The van der Waals surface area contributed by atoms with E-state index in [1.807, 2.05) is 32.2 Å². The molecule has 1 amide bonds. The average molecular weight is 267 g/mol. The number of aryl methyl sites for hydroxylation is 2. The van der Waals surface area contributed by atoms with Crippen molar-refractivity contribution in [2.24, 2.45) is 0 Å². The maximum Gasteiger partial charge on any atom is 0.251 e. The largest absolute Gasteiger partial charge is 0.387 e. The molecule has 1 aromatic carbocycles. The number of amides is 1. The van der Waals surface area contributed by atoms with Gasteiger partial charge in [-0.15, -0.1) is 0 Å². The second-order valence-corrected chi connectivity index (χ2v) is 5.78. The van der Waals surface area contributed by atoms with E-state index in [0.717, 1.165) is 5.56 Å². The van der Waals surface area contributed by atoms with Gasteiger partial charge in [0.15, 0.2) is 0 Å². The third-order valence-corrected chi connectivity index (χ3v) is 3.76. The van der Waals surface area contributed by atoms with Crippen molar-refractivity contribution in [2.45, 2.75) is 26.4 Å². The van der Waals surface area contributed by atoms with Crippen molar-refractivity contribution in [1.82, 2.24) is 5.32 Å². The minimum absolute atomic E-state index is 0.139. The van der Waals surface area contributed by atoms with Crippen LogP contribution in [0.2, 0.25) is 0 Å². The molecule has 4 heteroatoms. The van der Waals surface area contributed by atoms with E-state index in [1.54, 1.807) is 24.8 Å². The normalized spacial score (nSPS) is 14.1. The van der Waals surface area contributed by atoms with E-state index < -0.39 is 5.60 Å². The molecule has 1 aromatic rings. The molecule has 0 unspecified atom stereocenters. The van der Waals surface area contributed by atoms with Crippen LogP contribution in [0.5, 0.6) is 0 Å². The Kier molecular flexibility index (Phi) is 5.23. The zero-order chi connectivity index (χ0) is 13.8. The first-order chi connectivity index (χ1) is 8.35. The number of benzene rings is 1. The molecular formula is C14H21NO2S. The minimum atomic E-state index is -0.866. The standard InChI is InChI=1S/C14H21NO2S/c1-10-5-6-12(7-11(10)2)13(16)15-8-14(3,17)9-18-4/h5-7,17H,8-9H2,1-4H3,(H,15,16)/t14-/m1/s1. The van der Waals surface area contributed by atoms with Gasteiger partial charge in [0.1, 0.15) is 0 Å². The number of nitrogens with one attached hydrogen (secondary N) is 1. The van der Waals surface area contributed by atoms with Gasteiger partial charge in [-0.25, -0.2) is 0 Å². The van der Waals surface area contributed by atoms with E-state index in [2.05, 4.69) is 5.32 Å². The van der Waals surface area contributed by atoms with Crippen molar-refractivity contribution in [3.8, 4) is 0 Å². The number of hydrogen-bond acceptors (Lipinski definition) is 3. The number of carbonyl (C=O) groups is 1. The lowest BCUT2D eigenvalue weighted by atomic mass is 10.1. The Morgan fingerprint density at radius 2 is 2.06 bits per heavy atom. The molecule has 0 fully saturated rings. The first-order valence-corrected chi connectivity index (χ1v) is 7.32. The van der Waals surface area contributed by atoms with Crippen LogP contribution in [0.25, 0.3) is 0 Å². The zero-order valence-corrected chi connectivity index (χ0v) is 12.2. The van der Waals surface area contributed by atoms with Crippen LogP contribution >= 0.6 is 11.8 Å². The molecule has 0 radical (unpaired) electrons. The molecule has 0 spiro atoms. The Labute approximate surface area is 113 Å². The van der Waals surface area contributed by atoms with Gasteiger partial charge in [0.05, 0.1) is 5.60 Å². The molecule has 100 valence electrons. The quantitative estimate of drug-likeness (QED) is 0.859. The topological polar surface area (TPSA) is 49.3 Å². The summed E-state index contributed by atoms with van der Waals surface area (Å²) in [6.07, 6.45) is 1.93. The van der Waals surface area contributed by atoms with Crippen LogP contribution in [-0.2, 0) is 0 Å². The van der Waals surface area contributed by atoms with Crippen molar-refractivity contribution < 1.29 is 9.90 Å². The summed E-state index contributed by atoms with van der Waals surface area (Å²) in [5.74, 6) is 0.458. The molecule has 0 bridgehead atoms. The summed E-state index contributed by atoms with van der Waals surface area (Å²) in [5.41, 5.74) is 2.03. The van der Waals surface area contributed by atoms with E-state index in [0.29, 0.717) is 11.3 Å². The van der Waals surface area contributed by atoms with Crippen LogP contribution in [-0.4, -0.2) is 35.2 Å². The molecule has 2 N–H and O–H groups in total. The van der Waals surface area contributed by atoms with Gasteiger partial charge in [0.2, 0.25) is 0 Å². The van der Waals surface area contributed by atoms with Crippen molar-refractivity contribution in [3.63, 3.8) is 0 Å². The Hall–Kier alpha value is -1.00. The maximum atomic E-state index is 11.9. The lowest BCUT2D eigenvalue weighted by Crippen LogP contribution is -2.42. The maximum absolute atomic E-state index is 11.9. The fourth-order valence-electron chi connectivity index (χ4n) is 1.62. The van der Waals surface area contributed by atoms with Crippen molar-refractivity contribution in [3.05, 3.63) is 34.9 Å². The zero-order valence-electron chi connectivity index (χ0n) is 11.4. The van der Waals surface area contributed by atoms with Crippen molar-refractivity contribution >= 4 is 17.7 Å². The Bertz CT molecular complexity index is 430. The smallest absolute Gasteiger partial charge is 0.251 e. The first kappa shape index (κ1) is 15.1. The molecule has 1 rings (SSSR count). The number of thioether (sulfide) groups is 1. The molecule has 0 saturated heterocycles. The number of aliphatic hydroxyl groups is 1. The van der Waals surface area contributed by atoms with E-state index in [-0.39, 0.29) is 12.5 Å². The summed E-state index contributed by atoms with van der Waals surface area (Å²) in [4.78, 5) is 11.9. The minimum Gasteiger partial charge on any atom is -0.387 e. The molecule has 0 saturated carbocycles. The molecule has 0 aliphatic carbocycles. The van der Waals surface area contributed by atoms with E-state index in [4.69, 9.17) is 0 Å². The van der Waals surface area contributed by atoms with Crippen molar-refractivity contribution in [2.75, 3.05) is 18.6 Å². The van der Waals surface area contributed by atoms with Gasteiger partial charge in [-0.2, -0.15) is 11.8 Å². The highest BCUT2D eigenvalue weighted by molar-refractivity contribution is 7.98. The summed E-state index contributed by atoms with van der Waals surface area (Å²) >= 11 is 1.56. The van der Waals surface area contributed by atoms with Gasteiger partial charge in [-0.3, -0.25) is 4.79 Å². The lowest BCUT2D eigenvalue weighted by molar-refractivity contribution is 0.0725. The highest BCUT2D eigenvalue weighted by Crippen LogP contribution is 2.11. The molecule has 1 atom stereocenters.